The quantitative estimate of drug-likeness (QED) is 0.927. The lowest BCUT2D eigenvalue weighted by molar-refractivity contribution is 0.442. The van der Waals surface area contributed by atoms with Crippen molar-refractivity contribution in [1.29, 1.82) is 0 Å². The van der Waals surface area contributed by atoms with Crippen LogP contribution in [0, 0.1) is 11.8 Å². The zero-order valence-electron chi connectivity index (χ0n) is 12.7. The predicted octanol–water partition coefficient (Wildman–Crippen LogP) is 3.83. The number of hydrogen-bond donors (Lipinski definition) is 1. The third-order valence-corrected chi connectivity index (χ3v) is 5.42. The second-order valence-corrected chi connectivity index (χ2v) is 6.57. The molecule has 4 rings (SSSR count). The number of nitrogens with zero attached hydrogens (tertiary/aromatic N) is 2. The first-order valence-electron chi connectivity index (χ1n) is 8.17. The first-order chi connectivity index (χ1) is 10.3. The monoisotopic (exact) mass is 281 g/mol. The molecule has 0 aromatic carbocycles. The van der Waals surface area contributed by atoms with Crippen molar-refractivity contribution >= 4 is 16.7 Å². The normalized spacial score (nSPS) is 24.7. The molecule has 2 unspecified atom stereocenters. The lowest BCUT2D eigenvalue weighted by atomic mass is 10.0. The molecule has 0 spiro atoms. The fourth-order valence-electron chi connectivity index (χ4n) is 4.17. The number of H-pyrrole nitrogens is 1. The van der Waals surface area contributed by atoms with Gasteiger partial charge in [0, 0.05) is 24.7 Å². The zero-order valence-corrected chi connectivity index (χ0v) is 12.7. The van der Waals surface area contributed by atoms with Crippen LogP contribution in [0.25, 0.3) is 16.7 Å². The van der Waals surface area contributed by atoms with Crippen molar-refractivity contribution in [3.8, 4) is 0 Å². The Balaban J connectivity index is 1.63. The molecule has 3 heteroatoms. The van der Waals surface area contributed by atoms with Gasteiger partial charge in [0.2, 0.25) is 0 Å². The predicted molar refractivity (Wildman–Crippen MR) is 86.9 cm³/mol. The summed E-state index contributed by atoms with van der Waals surface area (Å²) in [4.78, 5) is 10.4. The van der Waals surface area contributed by atoms with E-state index >= 15 is 0 Å². The molecular formula is C18H23N3. The summed E-state index contributed by atoms with van der Waals surface area (Å²) in [7, 11) is 0. The molecule has 0 radical (unpaired) electrons. The van der Waals surface area contributed by atoms with Gasteiger partial charge in [0.25, 0.3) is 0 Å². The Labute approximate surface area is 126 Å². The van der Waals surface area contributed by atoms with Gasteiger partial charge in [-0.25, -0.2) is 4.98 Å². The molecule has 0 amide bonds. The van der Waals surface area contributed by atoms with Gasteiger partial charge in [-0.05, 0) is 48.8 Å². The standard InChI is InChI=1S/C18H23N3/c1-3-13-7-8-19-18-16(13)9-17(20-18)12(2)21-10-14-5-4-6-15(14)11-21/h7-9,14-15H,2-6,10-11H2,1H3,(H,19,20). The summed E-state index contributed by atoms with van der Waals surface area (Å²) in [6.07, 6.45) is 7.16. The minimum Gasteiger partial charge on any atom is -0.370 e. The topological polar surface area (TPSA) is 31.9 Å². The minimum atomic E-state index is 0.899. The van der Waals surface area contributed by atoms with Crippen LogP contribution in [-0.2, 0) is 6.42 Å². The van der Waals surface area contributed by atoms with Gasteiger partial charge < -0.3 is 9.88 Å². The smallest absolute Gasteiger partial charge is 0.138 e. The van der Waals surface area contributed by atoms with Gasteiger partial charge in [0.05, 0.1) is 11.4 Å². The third kappa shape index (κ3) is 2.06. The van der Waals surface area contributed by atoms with E-state index in [0.29, 0.717) is 0 Å². The molecule has 110 valence electrons. The molecule has 1 saturated carbocycles. The highest BCUT2D eigenvalue weighted by molar-refractivity contribution is 5.84. The van der Waals surface area contributed by atoms with Crippen molar-refractivity contribution in [3.63, 3.8) is 0 Å². The number of pyridine rings is 1. The Hall–Kier alpha value is -1.77. The minimum absolute atomic E-state index is 0.899. The molecule has 2 aromatic heterocycles. The van der Waals surface area contributed by atoms with Gasteiger partial charge in [-0.15, -0.1) is 0 Å². The molecule has 2 aliphatic rings. The van der Waals surface area contributed by atoms with Crippen molar-refractivity contribution in [2.45, 2.75) is 32.6 Å². The van der Waals surface area contributed by atoms with Crippen LogP contribution >= 0.6 is 0 Å². The Bertz CT molecular complexity index is 673. The molecule has 1 N–H and O–H groups in total. The Kier molecular flexibility index (Phi) is 3.02. The Morgan fingerprint density at radius 2 is 2.14 bits per heavy atom. The second kappa shape index (κ2) is 4.90. The second-order valence-electron chi connectivity index (χ2n) is 6.57. The molecule has 2 aromatic rings. The van der Waals surface area contributed by atoms with E-state index in [4.69, 9.17) is 0 Å². The molecular weight excluding hydrogens is 258 g/mol. The summed E-state index contributed by atoms with van der Waals surface area (Å²) in [6, 6.07) is 4.35. The summed E-state index contributed by atoms with van der Waals surface area (Å²) < 4.78 is 0. The number of aromatic amines is 1. The van der Waals surface area contributed by atoms with E-state index in [0.717, 1.165) is 35.3 Å². The highest BCUT2D eigenvalue weighted by atomic mass is 15.2. The van der Waals surface area contributed by atoms with Crippen molar-refractivity contribution in [1.82, 2.24) is 14.9 Å². The van der Waals surface area contributed by atoms with Crippen LogP contribution in [-0.4, -0.2) is 28.0 Å². The third-order valence-electron chi connectivity index (χ3n) is 5.42. The molecule has 1 aliphatic heterocycles. The summed E-state index contributed by atoms with van der Waals surface area (Å²) in [5.41, 5.74) is 4.63. The Morgan fingerprint density at radius 1 is 1.38 bits per heavy atom. The number of fused-ring (bicyclic) bond motifs is 2. The van der Waals surface area contributed by atoms with Crippen LogP contribution in [0.2, 0.25) is 0 Å². The number of aryl methyl sites for hydroxylation is 1. The van der Waals surface area contributed by atoms with Gasteiger partial charge in [0.1, 0.15) is 5.65 Å². The van der Waals surface area contributed by atoms with Gasteiger partial charge in [-0.1, -0.05) is 19.9 Å². The molecule has 1 aliphatic carbocycles. The van der Waals surface area contributed by atoms with E-state index in [1.807, 2.05) is 6.20 Å². The molecule has 1 saturated heterocycles. The van der Waals surface area contributed by atoms with Crippen molar-refractivity contribution < 1.29 is 0 Å². The molecule has 3 heterocycles. The number of aromatic nitrogens is 2. The van der Waals surface area contributed by atoms with Crippen LogP contribution in [0.4, 0.5) is 0 Å². The highest BCUT2D eigenvalue weighted by Crippen LogP contribution is 2.40. The van der Waals surface area contributed by atoms with Crippen LogP contribution in [0.3, 0.4) is 0 Å². The lowest BCUT2D eigenvalue weighted by Gasteiger charge is -2.21. The van der Waals surface area contributed by atoms with Crippen LogP contribution in [0.5, 0.6) is 0 Å². The Morgan fingerprint density at radius 3 is 2.86 bits per heavy atom. The van der Waals surface area contributed by atoms with E-state index in [-0.39, 0.29) is 0 Å². The highest BCUT2D eigenvalue weighted by Gasteiger charge is 2.36. The van der Waals surface area contributed by atoms with Crippen molar-refractivity contribution in [3.05, 3.63) is 36.2 Å². The van der Waals surface area contributed by atoms with Gasteiger partial charge >= 0.3 is 0 Å². The van der Waals surface area contributed by atoms with E-state index < -0.39 is 0 Å². The SMILES string of the molecule is C=C(c1cc2c(CC)ccnc2[nH]1)N1CC2CCCC2C1. The average molecular weight is 281 g/mol. The largest absolute Gasteiger partial charge is 0.370 e. The molecule has 21 heavy (non-hydrogen) atoms. The average Bonchev–Trinajstić information content (AvgIpc) is 3.18. The summed E-state index contributed by atoms with van der Waals surface area (Å²) in [5, 5.41) is 1.25. The number of hydrogen-bond acceptors (Lipinski definition) is 2. The van der Waals surface area contributed by atoms with E-state index in [1.165, 1.54) is 43.3 Å². The van der Waals surface area contributed by atoms with Crippen LogP contribution in [0.1, 0.15) is 37.4 Å². The zero-order chi connectivity index (χ0) is 14.4. The molecule has 2 atom stereocenters. The van der Waals surface area contributed by atoms with Crippen LogP contribution < -0.4 is 0 Å². The van der Waals surface area contributed by atoms with Crippen molar-refractivity contribution in [2.75, 3.05) is 13.1 Å². The van der Waals surface area contributed by atoms with E-state index in [2.05, 4.69) is 40.5 Å². The fourth-order valence-corrected chi connectivity index (χ4v) is 4.17. The molecule has 0 bridgehead atoms. The molecule has 3 nitrogen and oxygen atoms in total. The van der Waals surface area contributed by atoms with Crippen molar-refractivity contribution in [2.24, 2.45) is 11.8 Å². The maximum atomic E-state index is 4.46. The number of rotatable bonds is 3. The number of likely N-dealkylation sites (tertiary alicyclic amines) is 1. The number of nitrogens with one attached hydrogen (secondary N) is 1. The van der Waals surface area contributed by atoms with Gasteiger partial charge in [0.15, 0.2) is 0 Å². The van der Waals surface area contributed by atoms with Gasteiger partial charge in [-0.2, -0.15) is 0 Å². The summed E-state index contributed by atoms with van der Waals surface area (Å²) in [5.74, 6) is 1.80. The van der Waals surface area contributed by atoms with Gasteiger partial charge in [-0.3, -0.25) is 0 Å². The van der Waals surface area contributed by atoms with Crippen LogP contribution in [0.15, 0.2) is 24.9 Å². The first kappa shape index (κ1) is 12.9. The molecule has 2 fully saturated rings. The summed E-state index contributed by atoms with van der Waals surface area (Å²) in [6.45, 7) is 8.92. The lowest BCUT2D eigenvalue weighted by Crippen LogP contribution is -2.19. The maximum Gasteiger partial charge on any atom is 0.138 e. The summed E-state index contributed by atoms with van der Waals surface area (Å²) >= 11 is 0. The maximum absolute atomic E-state index is 4.46. The van der Waals surface area contributed by atoms with E-state index in [9.17, 15) is 0 Å². The first-order valence-corrected chi connectivity index (χ1v) is 8.17. The fraction of sp³-hybridized carbons (Fsp3) is 0.500. The van der Waals surface area contributed by atoms with E-state index in [1.54, 1.807) is 0 Å².